The zero-order valence-corrected chi connectivity index (χ0v) is 13.3. The average Bonchev–Trinajstić information content (AvgIpc) is 2.52. The molecule has 0 unspecified atom stereocenters. The van der Waals surface area contributed by atoms with Gasteiger partial charge >= 0.3 is 0 Å². The maximum atomic E-state index is 12.6. The van der Waals surface area contributed by atoms with Gasteiger partial charge in [-0.1, -0.05) is 18.2 Å². The summed E-state index contributed by atoms with van der Waals surface area (Å²) in [6.45, 7) is 1.17. The number of anilines is 1. The van der Waals surface area contributed by atoms with Crippen molar-refractivity contribution in [1.29, 1.82) is 0 Å². The quantitative estimate of drug-likeness (QED) is 0.801. The van der Waals surface area contributed by atoms with Gasteiger partial charge in [0.1, 0.15) is 5.25 Å². The van der Waals surface area contributed by atoms with E-state index in [-0.39, 0.29) is 0 Å². The molecule has 0 spiro atoms. The first-order chi connectivity index (χ1) is 10.4. The Morgan fingerprint density at radius 2 is 2.05 bits per heavy atom. The van der Waals surface area contributed by atoms with Gasteiger partial charge in [0.2, 0.25) is 5.91 Å². The van der Waals surface area contributed by atoms with E-state index in [2.05, 4.69) is 0 Å². The predicted molar refractivity (Wildman–Crippen MR) is 83.5 cm³/mol. The summed E-state index contributed by atoms with van der Waals surface area (Å²) < 4.78 is 24.4. The van der Waals surface area contributed by atoms with Crippen LogP contribution in [0.2, 0.25) is 0 Å². The molecule has 1 aromatic carbocycles. The van der Waals surface area contributed by atoms with E-state index >= 15 is 0 Å². The van der Waals surface area contributed by atoms with Gasteiger partial charge in [0.25, 0.3) is 0 Å². The van der Waals surface area contributed by atoms with Crippen LogP contribution in [0.4, 0.5) is 5.69 Å². The maximum absolute atomic E-state index is 12.6. The number of rotatable bonds is 5. The summed E-state index contributed by atoms with van der Waals surface area (Å²) in [4.78, 5) is 14.1. The lowest BCUT2D eigenvalue weighted by Crippen LogP contribution is -2.45. The van der Waals surface area contributed by atoms with Crippen molar-refractivity contribution in [2.24, 2.45) is 0 Å². The molecule has 122 valence electrons. The van der Waals surface area contributed by atoms with Gasteiger partial charge in [-0.25, -0.2) is 8.42 Å². The van der Waals surface area contributed by atoms with E-state index in [0.717, 1.165) is 24.1 Å². The molecule has 0 radical (unpaired) electrons. The third kappa shape index (κ3) is 3.48. The van der Waals surface area contributed by atoms with E-state index in [0.29, 0.717) is 6.54 Å². The van der Waals surface area contributed by atoms with Gasteiger partial charge in [0, 0.05) is 12.2 Å². The first-order valence-electron chi connectivity index (χ1n) is 7.26. The minimum atomic E-state index is -3.82. The number of fused-ring (bicyclic) bond motifs is 1. The number of aliphatic hydroxyl groups is 2. The number of carbonyl (C=O) groups is 1. The van der Waals surface area contributed by atoms with Crippen molar-refractivity contribution in [3.8, 4) is 0 Å². The van der Waals surface area contributed by atoms with E-state index in [1.165, 1.54) is 11.8 Å². The summed E-state index contributed by atoms with van der Waals surface area (Å²) in [5.74, 6) is -1.11. The molecule has 7 heteroatoms. The standard InChI is InChI=1S/C15H21NO5S/c1-11(22(20,21)10-13(18)9-17)15(19)16-8-4-6-12-5-2-3-7-14(12)16/h2-3,5,7,11,13,17-18H,4,6,8-10H2,1H3/t11-,13-/m1/s1. The number of hydrogen-bond donors (Lipinski definition) is 2. The van der Waals surface area contributed by atoms with Crippen LogP contribution in [-0.2, 0) is 21.1 Å². The number of aliphatic hydroxyl groups excluding tert-OH is 2. The fourth-order valence-electron chi connectivity index (χ4n) is 2.60. The highest BCUT2D eigenvalue weighted by Crippen LogP contribution is 2.28. The highest BCUT2D eigenvalue weighted by molar-refractivity contribution is 7.92. The molecule has 2 atom stereocenters. The summed E-state index contributed by atoms with van der Waals surface area (Å²) >= 11 is 0. The van der Waals surface area contributed by atoms with Gasteiger partial charge in [0.05, 0.1) is 18.5 Å². The number of para-hydroxylation sites is 1. The van der Waals surface area contributed by atoms with Gasteiger partial charge in [-0.15, -0.1) is 0 Å². The van der Waals surface area contributed by atoms with E-state index in [1.54, 1.807) is 0 Å². The molecule has 0 fully saturated rings. The Hall–Kier alpha value is -1.44. The zero-order valence-electron chi connectivity index (χ0n) is 12.5. The molecule has 0 bridgehead atoms. The number of hydrogen-bond acceptors (Lipinski definition) is 5. The smallest absolute Gasteiger partial charge is 0.245 e. The van der Waals surface area contributed by atoms with Gasteiger partial charge in [0.15, 0.2) is 9.84 Å². The molecule has 0 saturated carbocycles. The number of amides is 1. The average molecular weight is 327 g/mol. The van der Waals surface area contributed by atoms with Crippen molar-refractivity contribution in [2.75, 3.05) is 23.8 Å². The Bertz CT molecular complexity index is 643. The summed E-state index contributed by atoms with van der Waals surface area (Å²) in [6, 6.07) is 7.46. The molecular weight excluding hydrogens is 306 g/mol. The normalized spacial score (nSPS) is 17.7. The van der Waals surface area contributed by atoms with Crippen LogP contribution in [0.1, 0.15) is 18.9 Å². The van der Waals surface area contributed by atoms with E-state index in [9.17, 15) is 18.3 Å². The Kier molecular flexibility index (Phi) is 5.20. The Morgan fingerprint density at radius 3 is 2.73 bits per heavy atom. The number of nitrogens with zero attached hydrogens (tertiary/aromatic N) is 1. The predicted octanol–water partition coefficient (Wildman–Crippen LogP) is 0.122. The van der Waals surface area contributed by atoms with Crippen LogP contribution in [-0.4, -0.2) is 54.8 Å². The molecule has 1 aliphatic heterocycles. The van der Waals surface area contributed by atoms with Crippen LogP contribution in [0.5, 0.6) is 0 Å². The molecule has 22 heavy (non-hydrogen) atoms. The van der Waals surface area contributed by atoms with Crippen molar-refractivity contribution in [3.05, 3.63) is 29.8 Å². The van der Waals surface area contributed by atoms with Crippen molar-refractivity contribution in [2.45, 2.75) is 31.1 Å². The molecule has 1 heterocycles. The van der Waals surface area contributed by atoms with E-state index in [4.69, 9.17) is 5.11 Å². The van der Waals surface area contributed by atoms with Crippen LogP contribution in [0.15, 0.2) is 24.3 Å². The lowest BCUT2D eigenvalue weighted by atomic mass is 10.0. The van der Waals surface area contributed by atoms with Gasteiger partial charge in [-0.3, -0.25) is 4.79 Å². The summed E-state index contributed by atoms with van der Waals surface area (Å²) in [6.07, 6.45) is 0.285. The monoisotopic (exact) mass is 327 g/mol. The third-order valence-corrected chi connectivity index (χ3v) is 6.03. The first-order valence-corrected chi connectivity index (χ1v) is 8.98. The summed E-state index contributed by atoms with van der Waals surface area (Å²) in [5.41, 5.74) is 1.78. The number of aryl methyl sites for hydroxylation is 1. The molecule has 1 aromatic rings. The highest BCUT2D eigenvalue weighted by atomic mass is 32.2. The molecular formula is C15H21NO5S. The molecule has 1 aliphatic rings. The second-order valence-electron chi connectivity index (χ2n) is 5.53. The van der Waals surface area contributed by atoms with Crippen LogP contribution in [0.3, 0.4) is 0 Å². The van der Waals surface area contributed by atoms with Crippen LogP contribution in [0, 0.1) is 0 Å². The van der Waals surface area contributed by atoms with Gasteiger partial charge in [-0.2, -0.15) is 0 Å². The zero-order chi connectivity index (χ0) is 16.3. The Labute approximate surface area is 130 Å². The van der Waals surface area contributed by atoms with Crippen molar-refractivity contribution >= 4 is 21.4 Å². The topological polar surface area (TPSA) is 94.9 Å². The molecule has 0 aromatic heterocycles. The first kappa shape index (κ1) is 16.9. The third-order valence-electron chi connectivity index (χ3n) is 3.90. The number of benzene rings is 1. The summed E-state index contributed by atoms with van der Waals surface area (Å²) in [5, 5.41) is 16.9. The van der Waals surface area contributed by atoms with Gasteiger partial charge in [-0.05, 0) is 31.4 Å². The molecule has 1 amide bonds. The van der Waals surface area contributed by atoms with Crippen LogP contribution >= 0.6 is 0 Å². The Morgan fingerprint density at radius 1 is 1.36 bits per heavy atom. The lowest BCUT2D eigenvalue weighted by Gasteiger charge is -2.31. The molecule has 2 N–H and O–H groups in total. The van der Waals surface area contributed by atoms with Gasteiger partial charge < -0.3 is 15.1 Å². The Balaban J connectivity index is 2.22. The minimum absolute atomic E-state index is 0.484. The lowest BCUT2D eigenvalue weighted by molar-refractivity contribution is -0.118. The van der Waals surface area contributed by atoms with Crippen molar-refractivity contribution in [3.63, 3.8) is 0 Å². The van der Waals surface area contributed by atoms with Crippen molar-refractivity contribution < 1.29 is 23.4 Å². The largest absolute Gasteiger partial charge is 0.394 e. The van der Waals surface area contributed by atoms with Crippen LogP contribution in [0.25, 0.3) is 0 Å². The van der Waals surface area contributed by atoms with E-state index in [1.807, 2.05) is 24.3 Å². The van der Waals surface area contributed by atoms with Crippen molar-refractivity contribution in [1.82, 2.24) is 0 Å². The second kappa shape index (κ2) is 6.76. The molecule has 2 rings (SSSR count). The SMILES string of the molecule is C[C@H](C(=O)N1CCCc2ccccc21)S(=O)(=O)C[C@H](O)CO. The van der Waals surface area contributed by atoms with E-state index < -0.39 is 39.5 Å². The molecule has 0 aliphatic carbocycles. The maximum Gasteiger partial charge on any atom is 0.245 e. The summed E-state index contributed by atoms with van der Waals surface area (Å²) in [7, 11) is -3.82. The number of sulfone groups is 1. The highest BCUT2D eigenvalue weighted by Gasteiger charge is 2.35. The fourth-order valence-corrected chi connectivity index (χ4v) is 3.97. The van der Waals surface area contributed by atoms with Crippen LogP contribution < -0.4 is 4.90 Å². The number of carbonyl (C=O) groups excluding carboxylic acids is 1. The molecule has 6 nitrogen and oxygen atoms in total. The molecule has 0 saturated heterocycles. The second-order valence-corrected chi connectivity index (χ2v) is 7.90. The fraction of sp³-hybridized carbons (Fsp3) is 0.533. The minimum Gasteiger partial charge on any atom is -0.394 e.